The van der Waals surface area contributed by atoms with Gasteiger partial charge in [0.05, 0.1) is 4.88 Å². The Hall–Kier alpha value is -1.42. The molecule has 0 aromatic carbocycles. The van der Waals surface area contributed by atoms with E-state index < -0.39 is 0 Å². The van der Waals surface area contributed by atoms with Crippen molar-refractivity contribution in [3.63, 3.8) is 0 Å². The largest absolute Gasteiger partial charge is 0.370 e. The molecule has 2 heterocycles. The lowest BCUT2D eigenvalue weighted by Gasteiger charge is -2.15. The highest BCUT2D eigenvalue weighted by molar-refractivity contribution is 7.15. The van der Waals surface area contributed by atoms with Crippen molar-refractivity contribution in [3.8, 4) is 10.7 Å². The highest BCUT2D eigenvalue weighted by atomic mass is 32.1. The lowest BCUT2D eigenvalue weighted by molar-refractivity contribution is 0.604. The number of aryl methyl sites for hydroxylation is 1. The molecule has 0 spiro atoms. The number of nitrogens with one attached hydrogen (secondary N) is 1. The topological polar surface area (TPSA) is 37.8 Å². The van der Waals surface area contributed by atoms with Gasteiger partial charge < -0.3 is 5.32 Å². The van der Waals surface area contributed by atoms with Crippen molar-refractivity contribution in [3.05, 3.63) is 28.8 Å². The third-order valence-corrected chi connectivity index (χ3v) is 4.77. The second-order valence-electron chi connectivity index (χ2n) is 6.26. The molecule has 0 fully saturated rings. The van der Waals surface area contributed by atoms with Crippen LogP contribution in [0, 0.1) is 0 Å². The smallest absolute Gasteiger partial charge is 0.171 e. The summed E-state index contributed by atoms with van der Waals surface area (Å²) < 4.78 is 0. The molecule has 0 radical (unpaired) electrons. The van der Waals surface area contributed by atoms with Crippen LogP contribution in [0.15, 0.2) is 18.2 Å². The molecule has 0 aliphatic heterocycles. The molecule has 0 aliphatic carbocycles. The summed E-state index contributed by atoms with van der Waals surface area (Å²) in [5.74, 6) is 1.78. The summed E-state index contributed by atoms with van der Waals surface area (Å²) in [4.78, 5) is 11.9. The minimum absolute atomic E-state index is 0.175. The summed E-state index contributed by atoms with van der Waals surface area (Å²) in [5.41, 5.74) is 1.26. The first-order valence-corrected chi connectivity index (χ1v) is 8.48. The van der Waals surface area contributed by atoms with E-state index in [9.17, 15) is 0 Å². The molecule has 4 heteroatoms. The molecule has 2 rings (SSSR count). The number of aromatic nitrogens is 2. The van der Waals surface area contributed by atoms with Gasteiger partial charge in [0.25, 0.3) is 0 Å². The monoisotopic (exact) mass is 303 g/mol. The van der Waals surface area contributed by atoms with Gasteiger partial charge in [0.1, 0.15) is 5.82 Å². The molecule has 3 nitrogen and oxygen atoms in total. The van der Waals surface area contributed by atoms with Gasteiger partial charge in [-0.15, -0.1) is 11.3 Å². The first-order chi connectivity index (χ1) is 9.94. The van der Waals surface area contributed by atoms with Crippen molar-refractivity contribution in [1.82, 2.24) is 9.97 Å². The van der Waals surface area contributed by atoms with E-state index in [1.54, 1.807) is 11.3 Å². The summed E-state index contributed by atoms with van der Waals surface area (Å²) in [6.07, 6.45) is 2.02. The molecule has 1 N–H and O–H groups in total. The van der Waals surface area contributed by atoms with Crippen molar-refractivity contribution in [1.29, 1.82) is 0 Å². The zero-order chi connectivity index (χ0) is 15.5. The third-order valence-electron chi connectivity index (χ3n) is 3.26. The van der Waals surface area contributed by atoms with E-state index in [4.69, 9.17) is 0 Å². The van der Waals surface area contributed by atoms with Crippen molar-refractivity contribution >= 4 is 17.2 Å². The average molecular weight is 303 g/mol. The summed E-state index contributed by atoms with van der Waals surface area (Å²) >= 11 is 1.79. The Labute approximate surface area is 131 Å². The molecule has 0 bridgehead atoms. The Bertz CT molecular complexity index is 596. The number of hydrogen-bond donors (Lipinski definition) is 1. The van der Waals surface area contributed by atoms with Gasteiger partial charge in [0, 0.05) is 23.2 Å². The van der Waals surface area contributed by atoms with Crippen molar-refractivity contribution < 1.29 is 0 Å². The van der Waals surface area contributed by atoms with Gasteiger partial charge in [-0.25, -0.2) is 9.97 Å². The van der Waals surface area contributed by atoms with Crippen molar-refractivity contribution in [2.45, 2.75) is 52.9 Å². The van der Waals surface area contributed by atoms with Gasteiger partial charge in [0.2, 0.25) is 0 Å². The van der Waals surface area contributed by atoms with Crippen LogP contribution in [0.2, 0.25) is 0 Å². The zero-order valence-electron chi connectivity index (χ0n) is 13.7. The first-order valence-electron chi connectivity index (χ1n) is 7.66. The average Bonchev–Trinajstić information content (AvgIpc) is 2.94. The van der Waals surface area contributed by atoms with E-state index >= 15 is 0 Å². The van der Waals surface area contributed by atoms with Crippen LogP contribution in [0.3, 0.4) is 0 Å². The zero-order valence-corrected chi connectivity index (χ0v) is 14.5. The molecule has 0 atom stereocenters. The number of thiophene rings is 1. The lowest BCUT2D eigenvalue weighted by atomic mass is 9.95. The molecular weight excluding hydrogens is 278 g/mol. The summed E-state index contributed by atoms with van der Waals surface area (Å²) in [5, 5.41) is 3.37. The number of hydrogen-bond acceptors (Lipinski definition) is 4. The van der Waals surface area contributed by atoms with Gasteiger partial charge >= 0.3 is 0 Å². The van der Waals surface area contributed by atoms with Crippen LogP contribution in [0.4, 0.5) is 5.82 Å². The second kappa shape index (κ2) is 6.56. The predicted octanol–water partition coefficient (Wildman–Crippen LogP) is 4.89. The highest BCUT2D eigenvalue weighted by Crippen LogP contribution is 2.34. The van der Waals surface area contributed by atoms with E-state index in [0.717, 1.165) is 41.6 Å². The predicted molar refractivity (Wildman–Crippen MR) is 92.2 cm³/mol. The molecular formula is C17H25N3S. The van der Waals surface area contributed by atoms with Gasteiger partial charge in [-0.1, -0.05) is 34.6 Å². The Kier molecular flexibility index (Phi) is 4.99. The normalized spacial score (nSPS) is 11.7. The number of nitrogens with zero attached hydrogens (tertiary/aromatic N) is 2. The molecule has 0 aliphatic rings. The van der Waals surface area contributed by atoms with E-state index in [2.05, 4.69) is 68.1 Å². The van der Waals surface area contributed by atoms with E-state index in [1.807, 2.05) is 0 Å². The Balaban J connectivity index is 2.36. The highest BCUT2D eigenvalue weighted by Gasteiger charge is 2.17. The molecule has 2 aromatic rings. The minimum atomic E-state index is 0.175. The van der Waals surface area contributed by atoms with Crippen molar-refractivity contribution in [2.24, 2.45) is 0 Å². The molecule has 0 amide bonds. The van der Waals surface area contributed by atoms with Crippen molar-refractivity contribution in [2.75, 3.05) is 11.9 Å². The van der Waals surface area contributed by atoms with E-state index in [-0.39, 0.29) is 5.41 Å². The molecule has 0 saturated heterocycles. The second-order valence-corrected chi connectivity index (χ2v) is 7.35. The van der Waals surface area contributed by atoms with Gasteiger partial charge in [-0.3, -0.25) is 0 Å². The maximum absolute atomic E-state index is 4.68. The molecule has 2 aromatic heterocycles. The van der Waals surface area contributed by atoms with Crippen LogP contribution in [0.1, 0.15) is 51.6 Å². The summed E-state index contributed by atoms with van der Waals surface area (Å²) in [6.45, 7) is 11.9. The third kappa shape index (κ3) is 4.03. The van der Waals surface area contributed by atoms with Crippen LogP contribution in [-0.4, -0.2) is 16.5 Å². The Morgan fingerprint density at radius 3 is 2.48 bits per heavy atom. The maximum Gasteiger partial charge on any atom is 0.171 e. The summed E-state index contributed by atoms with van der Waals surface area (Å²) in [6, 6.07) is 6.39. The Morgan fingerprint density at radius 1 is 1.14 bits per heavy atom. The fourth-order valence-corrected chi connectivity index (χ4v) is 2.99. The maximum atomic E-state index is 4.68. The quantitative estimate of drug-likeness (QED) is 0.855. The van der Waals surface area contributed by atoms with Crippen LogP contribution < -0.4 is 5.32 Å². The lowest BCUT2D eigenvalue weighted by Crippen LogP contribution is -2.07. The molecule has 0 saturated carbocycles. The fraction of sp³-hybridized carbons (Fsp3) is 0.529. The standard InChI is InChI=1S/C17H25N3S/c1-6-10-18-15-11-12(7-2)19-16(20-15)13-8-9-14(21-13)17(3,4)5/h8-9,11H,6-7,10H2,1-5H3,(H,18,19,20). The van der Waals surface area contributed by atoms with Gasteiger partial charge in [-0.2, -0.15) is 0 Å². The minimum Gasteiger partial charge on any atom is -0.370 e. The molecule has 114 valence electrons. The molecule has 21 heavy (non-hydrogen) atoms. The van der Waals surface area contributed by atoms with Gasteiger partial charge in [-0.05, 0) is 30.4 Å². The van der Waals surface area contributed by atoms with Crippen LogP contribution in [0.25, 0.3) is 10.7 Å². The van der Waals surface area contributed by atoms with E-state index in [0.29, 0.717) is 0 Å². The summed E-state index contributed by atoms with van der Waals surface area (Å²) in [7, 11) is 0. The fourth-order valence-electron chi connectivity index (χ4n) is 1.99. The number of rotatable bonds is 5. The Morgan fingerprint density at radius 2 is 1.90 bits per heavy atom. The number of anilines is 1. The first kappa shape index (κ1) is 16.0. The van der Waals surface area contributed by atoms with Crippen LogP contribution >= 0.6 is 11.3 Å². The SMILES string of the molecule is CCCNc1cc(CC)nc(-c2ccc(C(C)(C)C)s2)n1. The van der Waals surface area contributed by atoms with Crippen LogP contribution in [-0.2, 0) is 11.8 Å². The van der Waals surface area contributed by atoms with Gasteiger partial charge in [0.15, 0.2) is 5.82 Å². The van der Waals surface area contributed by atoms with E-state index in [1.165, 1.54) is 4.88 Å². The molecule has 0 unspecified atom stereocenters. The van der Waals surface area contributed by atoms with Crippen LogP contribution in [0.5, 0.6) is 0 Å².